The van der Waals surface area contributed by atoms with Crippen molar-refractivity contribution in [3.63, 3.8) is 0 Å². The van der Waals surface area contributed by atoms with Gasteiger partial charge in [-0.3, -0.25) is 9.69 Å². The van der Waals surface area contributed by atoms with Crippen molar-refractivity contribution in [2.24, 2.45) is 11.7 Å². The number of primary amides is 1. The van der Waals surface area contributed by atoms with Crippen LogP contribution in [0.2, 0.25) is 0 Å². The molecule has 1 aliphatic heterocycles. The summed E-state index contributed by atoms with van der Waals surface area (Å²) in [4.78, 5) is 17.2. The Morgan fingerprint density at radius 2 is 2.20 bits per heavy atom. The number of aryl methyl sites for hydroxylation is 1. The summed E-state index contributed by atoms with van der Waals surface area (Å²) in [7, 11) is 0. The third-order valence-corrected chi connectivity index (χ3v) is 4.48. The number of nitrogens with zero attached hydrogens (tertiary/aromatic N) is 3. The molecule has 1 aromatic carbocycles. The molecule has 2 aromatic rings. The van der Waals surface area contributed by atoms with Crippen molar-refractivity contribution in [2.75, 3.05) is 13.1 Å². The van der Waals surface area contributed by atoms with Gasteiger partial charge in [0.1, 0.15) is 0 Å². The molecule has 0 saturated carbocycles. The van der Waals surface area contributed by atoms with Gasteiger partial charge in [-0.25, -0.2) is 8.78 Å². The number of piperidine rings is 1. The number of rotatable bonds is 6. The van der Waals surface area contributed by atoms with E-state index < -0.39 is 17.5 Å². The van der Waals surface area contributed by atoms with Crippen LogP contribution in [0.5, 0.6) is 0 Å². The van der Waals surface area contributed by atoms with E-state index in [0.29, 0.717) is 24.8 Å². The number of carbonyl (C=O) groups is 1. The van der Waals surface area contributed by atoms with Crippen molar-refractivity contribution in [3.05, 3.63) is 47.1 Å². The Morgan fingerprint density at radius 1 is 1.36 bits per heavy atom. The fourth-order valence-electron chi connectivity index (χ4n) is 3.21. The maximum absolute atomic E-state index is 13.3. The summed E-state index contributed by atoms with van der Waals surface area (Å²) in [6, 6.07) is 4.06. The third-order valence-electron chi connectivity index (χ3n) is 4.48. The van der Waals surface area contributed by atoms with Crippen molar-refractivity contribution in [2.45, 2.75) is 32.2 Å². The van der Waals surface area contributed by atoms with E-state index in [2.05, 4.69) is 15.0 Å². The van der Waals surface area contributed by atoms with Crippen LogP contribution in [0.1, 0.15) is 41.3 Å². The lowest BCUT2D eigenvalue weighted by Crippen LogP contribution is -2.35. The average molecular weight is 350 g/mol. The summed E-state index contributed by atoms with van der Waals surface area (Å²) in [6.45, 7) is 2.25. The zero-order valence-electron chi connectivity index (χ0n) is 13.8. The van der Waals surface area contributed by atoms with E-state index in [1.807, 2.05) is 0 Å². The molecule has 8 heteroatoms. The van der Waals surface area contributed by atoms with Crippen LogP contribution in [0, 0.1) is 17.6 Å². The number of nitrogens with two attached hydrogens (primary N) is 1. The quantitative estimate of drug-likeness (QED) is 0.864. The first kappa shape index (κ1) is 17.5. The molecule has 2 N–H and O–H groups in total. The highest BCUT2D eigenvalue weighted by molar-refractivity contribution is 5.88. The van der Waals surface area contributed by atoms with Gasteiger partial charge in [0.15, 0.2) is 11.6 Å². The van der Waals surface area contributed by atoms with Gasteiger partial charge in [0.2, 0.25) is 5.89 Å². The number of benzene rings is 1. The molecule has 134 valence electrons. The van der Waals surface area contributed by atoms with Gasteiger partial charge in [0.25, 0.3) is 11.7 Å². The zero-order valence-corrected chi connectivity index (χ0v) is 13.8. The average Bonchev–Trinajstić information content (AvgIpc) is 3.05. The van der Waals surface area contributed by atoms with Crippen LogP contribution in [-0.4, -0.2) is 34.0 Å². The van der Waals surface area contributed by atoms with Crippen LogP contribution in [0.4, 0.5) is 8.78 Å². The molecule has 2 heterocycles. The number of amides is 1. The summed E-state index contributed by atoms with van der Waals surface area (Å²) < 4.78 is 31.3. The Bertz CT molecular complexity index is 750. The van der Waals surface area contributed by atoms with Crippen molar-refractivity contribution >= 4 is 5.91 Å². The summed E-state index contributed by atoms with van der Waals surface area (Å²) in [6.07, 6.45) is 3.75. The van der Waals surface area contributed by atoms with Crippen LogP contribution in [0.25, 0.3) is 0 Å². The molecule has 1 saturated heterocycles. The highest BCUT2D eigenvalue weighted by atomic mass is 19.2. The number of hydrogen-bond acceptors (Lipinski definition) is 5. The van der Waals surface area contributed by atoms with E-state index in [4.69, 9.17) is 10.3 Å². The lowest BCUT2D eigenvalue weighted by molar-refractivity contribution is 0.0987. The lowest BCUT2D eigenvalue weighted by atomic mass is 9.91. The highest BCUT2D eigenvalue weighted by Gasteiger charge is 2.22. The number of aromatic nitrogens is 2. The molecule has 1 aliphatic rings. The molecule has 0 radical (unpaired) electrons. The predicted molar refractivity (Wildman–Crippen MR) is 85.5 cm³/mol. The number of carbonyl (C=O) groups excluding carboxylic acids is 1. The first-order chi connectivity index (χ1) is 12.0. The monoisotopic (exact) mass is 350 g/mol. The van der Waals surface area contributed by atoms with Crippen LogP contribution < -0.4 is 5.73 Å². The molecule has 1 amide bonds. The van der Waals surface area contributed by atoms with E-state index >= 15 is 0 Å². The van der Waals surface area contributed by atoms with Gasteiger partial charge in [-0.1, -0.05) is 11.2 Å². The van der Waals surface area contributed by atoms with E-state index in [-0.39, 0.29) is 5.82 Å². The van der Waals surface area contributed by atoms with Crippen LogP contribution in [0.3, 0.4) is 0 Å². The Kier molecular flexibility index (Phi) is 5.37. The minimum atomic E-state index is -0.817. The smallest absolute Gasteiger partial charge is 0.290 e. The Balaban J connectivity index is 1.51. The van der Waals surface area contributed by atoms with Gasteiger partial charge in [-0.2, -0.15) is 4.98 Å². The SMILES string of the molecule is NC(=O)c1noc(CN2CCC[C@H](CCc3ccc(F)c(F)c3)C2)n1. The third kappa shape index (κ3) is 4.60. The fraction of sp³-hybridized carbons (Fsp3) is 0.471. The minimum absolute atomic E-state index is 0.109. The standard InChI is InChI=1S/C17H20F2N4O2/c18-13-6-5-11(8-14(13)19)3-4-12-2-1-7-23(9-12)10-15-21-17(16(20)24)22-25-15/h5-6,8,12H,1-4,7,9-10H2,(H2,20,24)/t12-/m1/s1. The van der Waals surface area contributed by atoms with Crippen molar-refractivity contribution in [1.29, 1.82) is 0 Å². The number of halogens is 2. The Morgan fingerprint density at radius 3 is 2.92 bits per heavy atom. The molecule has 1 aromatic heterocycles. The first-order valence-corrected chi connectivity index (χ1v) is 8.30. The maximum Gasteiger partial charge on any atom is 0.290 e. The van der Waals surface area contributed by atoms with E-state index in [9.17, 15) is 13.6 Å². The van der Waals surface area contributed by atoms with E-state index in [1.165, 1.54) is 12.1 Å². The normalized spacial score (nSPS) is 18.4. The second-order valence-electron chi connectivity index (χ2n) is 6.41. The molecule has 1 atom stereocenters. The first-order valence-electron chi connectivity index (χ1n) is 8.30. The molecule has 25 heavy (non-hydrogen) atoms. The molecule has 6 nitrogen and oxygen atoms in total. The van der Waals surface area contributed by atoms with Crippen LogP contribution >= 0.6 is 0 Å². The molecule has 0 spiro atoms. The molecule has 1 fully saturated rings. The summed E-state index contributed by atoms with van der Waals surface area (Å²) >= 11 is 0. The number of hydrogen-bond donors (Lipinski definition) is 1. The van der Waals surface area contributed by atoms with E-state index in [1.54, 1.807) is 6.07 Å². The van der Waals surface area contributed by atoms with Crippen molar-refractivity contribution in [1.82, 2.24) is 15.0 Å². The van der Waals surface area contributed by atoms with Crippen molar-refractivity contribution in [3.8, 4) is 0 Å². The van der Waals surface area contributed by atoms with E-state index in [0.717, 1.165) is 37.9 Å². The second-order valence-corrected chi connectivity index (χ2v) is 6.41. The fourth-order valence-corrected chi connectivity index (χ4v) is 3.21. The molecule has 0 bridgehead atoms. The largest absolute Gasteiger partial charge is 0.363 e. The summed E-state index contributed by atoms with van der Waals surface area (Å²) in [5.74, 6) is -1.61. The predicted octanol–water partition coefficient (Wildman–Crippen LogP) is 2.29. The van der Waals surface area contributed by atoms with Gasteiger partial charge in [-0.05, 0) is 55.8 Å². The Labute approximate surface area is 144 Å². The molecule has 0 aliphatic carbocycles. The molecule has 0 unspecified atom stereocenters. The molecule has 3 rings (SSSR count). The summed E-state index contributed by atoms with van der Waals surface area (Å²) in [5.41, 5.74) is 5.91. The van der Waals surface area contributed by atoms with Crippen LogP contribution in [0.15, 0.2) is 22.7 Å². The van der Waals surface area contributed by atoms with Crippen LogP contribution in [-0.2, 0) is 13.0 Å². The van der Waals surface area contributed by atoms with Gasteiger partial charge in [-0.15, -0.1) is 0 Å². The Hall–Kier alpha value is -2.35. The molecular formula is C17H20F2N4O2. The second kappa shape index (κ2) is 7.69. The molecular weight excluding hydrogens is 330 g/mol. The van der Waals surface area contributed by atoms with Gasteiger partial charge in [0, 0.05) is 6.54 Å². The lowest BCUT2D eigenvalue weighted by Gasteiger charge is -2.31. The van der Waals surface area contributed by atoms with Crippen molar-refractivity contribution < 1.29 is 18.1 Å². The highest BCUT2D eigenvalue weighted by Crippen LogP contribution is 2.23. The van der Waals surface area contributed by atoms with Gasteiger partial charge >= 0.3 is 0 Å². The maximum atomic E-state index is 13.3. The zero-order chi connectivity index (χ0) is 17.8. The minimum Gasteiger partial charge on any atom is -0.363 e. The van der Waals surface area contributed by atoms with Gasteiger partial charge < -0.3 is 10.3 Å². The topological polar surface area (TPSA) is 85.2 Å². The number of likely N-dealkylation sites (tertiary alicyclic amines) is 1. The summed E-state index contributed by atoms with van der Waals surface area (Å²) in [5, 5.41) is 3.54. The van der Waals surface area contributed by atoms with Gasteiger partial charge in [0.05, 0.1) is 6.54 Å².